The van der Waals surface area contributed by atoms with Crippen molar-refractivity contribution in [2.24, 2.45) is 0 Å². The minimum atomic E-state index is 0.440. The van der Waals surface area contributed by atoms with E-state index in [0.29, 0.717) is 5.69 Å². The van der Waals surface area contributed by atoms with Crippen molar-refractivity contribution in [2.45, 2.75) is 0 Å². The maximum absolute atomic E-state index is 8.71. The van der Waals surface area contributed by atoms with Crippen LogP contribution in [0.1, 0.15) is 17.0 Å². The van der Waals surface area contributed by atoms with E-state index in [1.807, 2.05) is 60.7 Å². The van der Waals surface area contributed by atoms with E-state index in [1.54, 1.807) is 6.07 Å². The van der Waals surface area contributed by atoms with Gasteiger partial charge in [0.05, 0.1) is 5.69 Å². The molecule has 16 heavy (non-hydrogen) atoms. The lowest BCUT2D eigenvalue weighted by Gasteiger charge is -1.94. The molecular formula is C14H10N2. The zero-order chi connectivity index (χ0) is 11.2. The van der Waals surface area contributed by atoms with E-state index in [4.69, 9.17) is 5.26 Å². The summed E-state index contributed by atoms with van der Waals surface area (Å²) in [5, 5.41) is 8.71. The normalized spacial score (nSPS) is 10.2. The van der Waals surface area contributed by atoms with Gasteiger partial charge in [0.25, 0.3) is 0 Å². The van der Waals surface area contributed by atoms with Crippen LogP contribution in [0.15, 0.2) is 48.5 Å². The molecule has 2 aromatic rings. The number of nitriles is 1. The van der Waals surface area contributed by atoms with Crippen molar-refractivity contribution < 1.29 is 0 Å². The highest BCUT2D eigenvalue weighted by atomic mass is 14.7. The standard InChI is InChI=1S/C14H10N2/c15-11-14-8-4-7-13(16-14)10-9-12-5-2-1-3-6-12/h1-10H/b10-9+. The molecule has 0 spiro atoms. The van der Waals surface area contributed by atoms with E-state index in [9.17, 15) is 0 Å². The Bertz CT molecular complexity index is 536. The Hall–Kier alpha value is -2.40. The van der Waals surface area contributed by atoms with Crippen LogP contribution in [-0.4, -0.2) is 4.98 Å². The highest BCUT2D eigenvalue weighted by Crippen LogP contribution is 2.06. The second kappa shape index (κ2) is 4.90. The van der Waals surface area contributed by atoms with Crippen LogP contribution in [0.25, 0.3) is 12.2 Å². The summed E-state index contributed by atoms with van der Waals surface area (Å²) in [6.45, 7) is 0. The highest BCUT2D eigenvalue weighted by molar-refractivity contribution is 5.67. The SMILES string of the molecule is N#Cc1cccc(/C=C/c2ccccc2)n1. The molecule has 0 fully saturated rings. The van der Waals surface area contributed by atoms with Crippen LogP contribution in [0.2, 0.25) is 0 Å². The predicted molar refractivity (Wildman–Crippen MR) is 64.3 cm³/mol. The molecule has 0 aliphatic rings. The number of hydrogen-bond acceptors (Lipinski definition) is 2. The van der Waals surface area contributed by atoms with Gasteiger partial charge in [-0.2, -0.15) is 5.26 Å². The Morgan fingerprint density at radius 3 is 2.50 bits per heavy atom. The van der Waals surface area contributed by atoms with Crippen LogP contribution >= 0.6 is 0 Å². The summed E-state index contributed by atoms with van der Waals surface area (Å²) < 4.78 is 0. The smallest absolute Gasteiger partial charge is 0.141 e. The van der Waals surface area contributed by atoms with Crippen molar-refractivity contribution in [3.63, 3.8) is 0 Å². The molecule has 76 valence electrons. The second-order valence-corrected chi connectivity index (χ2v) is 3.30. The lowest BCUT2D eigenvalue weighted by Crippen LogP contribution is -1.84. The maximum Gasteiger partial charge on any atom is 0.141 e. The Morgan fingerprint density at radius 1 is 0.938 bits per heavy atom. The van der Waals surface area contributed by atoms with E-state index >= 15 is 0 Å². The van der Waals surface area contributed by atoms with Crippen LogP contribution in [-0.2, 0) is 0 Å². The Kier molecular flexibility index (Phi) is 3.10. The average molecular weight is 206 g/mol. The van der Waals surface area contributed by atoms with Crippen LogP contribution < -0.4 is 0 Å². The van der Waals surface area contributed by atoms with Crippen molar-refractivity contribution in [3.05, 3.63) is 65.5 Å². The van der Waals surface area contributed by atoms with Crippen molar-refractivity contribution in [1.29, 1.82) is 5.26 Å². The van der Waals surface area contributed by atoms with Crippen LogP contribution in [0.3, 0.4) is 0 Å². The van der Waals surface area contributed by atoms with Gasteiger partial charge in [-0.25, -0.2) is 4.98 Å². The maximum atomic E-state index is 8.71. The summed E-state index contributed by atoms with van der Waals surface area (Å²) in [5.74, 6) is 0. The lowest BCUT2D eigenvalue weighted by molar-refractivity contribution is 1.24. The molecule has 0 unspecified atom stereocenters. The predicted octanol–water partition coefficient (Wildman–Crippen LogP) is 3.12. The minimum Gasteiger partial charge on any atom is -0.238 e. The molecule has 0 amide bonds. The van der Waals surface area contributed by atoms with Gasteiger partial charge < -0.3 is 0 Å². The van der Waals surface area contributed by atoms with Crippen molar-refractivity contribution in [1.82, 2.24) is 4.98 Å². The lowest BCUT2D eigenvalue weighted by atomic mass is 10.2. The van der Waals surface area contributed by atoms with E-state index in [0.717, 1.165) is 11.3 Å². The third-order valence-electron chi connectivity index (χ3n) is 2.13. The Morgan fingerprint density at radius 2 is 1.75 bits per heavy atom. The molecule has 0 aliphatic heterocycles. The van der Waals surface area contributed by atoms with Gasteiger partial charge in [-0.1, -0.05) is 42.5 Å². The number of aromatic nitrogens is 1. The fraction of sp³-hybridized carbons (Fsp3) is 0. The monoisotopic (exact) mass is 206 g/mol. The molecule has 2 nitrogen and oxygen atoms in total. The van der Waals surface area contributed by atoms with Crippen LogP contribution in [0, 0.1) is 11.3 Å². The molecule has 1 aromatic heterocycles. The molecule has 0 saturated carbocycles. The van der Waals surface area contributed by atoms with Crippen molar-refractivity contribution in [2.75, 3.05) is 0 Å². The van der Waals surface area contributed by atoms with E-state index < -0.39 is 0 Å². The molecule has 0 radical (unpaired) electrons. The van der Waals surface area contributed by atoms with Gasteiger partial charge in [-0.3, -0.25) is 0 Å². The first-order valence-corrected chi connectivity index (χ1v) is 4.99. The molecule has 1 aromatic carbocycles. The molecule has 0 bridgehead atoms. The molecule has 0 atom stereocenters. The molecule has 2 heteroatoms. The summed E-state index contributed by atoms with van der Waals surface area (Å²) in [7, 11) is 0. The van der Waals surface area contributed by atoms with Gasteiger partial charge in [0.2, 0.25) is 0 Å². The first kappa shape index (κ1) is 10.1. The molecule has 0 N–H and O–H groups in total. The largest absolute Gasteiger partial charge is 0.238 e. The van der Waals surface area contributed by atoms with Gasteiger partial charge in [0.1, 0.15) is 11.8 Å². The fourth-order valence-corrected chi connectivity index (χ4v) is 1.35. The first-order chi connectivity index (χ1) is 7.88. The van der Waals surface area contributed by atoms with Gasteiger partial charge in [-0.15, -0.1) is 0 Å². The highest BCUT2D eigenvalue weighted by Gasteiger charge is 1.92. The molecular weight excluding hydrogens is 196 g/mol. The van der Waals surface area contributed by atoms with Gasteiger partial charge in [-0.05, 0) is 23.8 Å². The second-order valence-electron chi connectivity index (χ2n) is 3.30. The number of pyridine rings is 1. The summed E-state index contributed by atoms with van der Waals surface area (Å²) in [6.07, 6.45) is 3.87. The summed E-state index contributed by atoms with van der Waals surface area (Å²) in [6, 6.07) is 17.4. The number of benzene rings is 1. The topological polar surface area (TPSA) is 36.7 Å². The van der Waals surface area contributed by atoms with Gasteiger partial charge >= 0.3 is 0 Å². The third-order valence-corrected chi connectivity index (χ3v) is 2.13. The van der Waals surface area contributed by atoms with Gasteiger partial charge in [0, 0.05) is 0 Å². The quantitative estimate of drug-likeness (QED) is 0.756. The number of nitrogens with zero attached hydrogens (tertiary/aromatic N) is 2. The first-order valence-electron chi connectivity index (χ1n) is 4.99. The zero-order valence-corrected chi connectivity index (χ0v) is 8.67. The molecule has 1 heterocycles. The fourth-order valence-electron chi connectivity index (χ4n) is 1.35. The van der Waals surface area contributed by atoms with Crippen molar-refractivity contribution in [3.8, 4) is 6.07 Å². The van der Waals surface area contributed by atoms with Crippen molar-refractivity contribution >= 4 is 12.2 Å². The molecule has 2 rings (SSSR count). The van der Waals surface area contributed by atoms with E-state index in [2.05, 4.69) is 4.98 Å². The van der Waals surface area contributed by atoms with E-state index in [1.165, 1.54) is 0 Å². The summed E-state index contributed by atoms with van der Waals surface area (Å²) in [4.78, 5) is 4.16. The minimum absolute atomic E-state index is 0.440. The number of hydrogen-bond donors (Lipinski definition) is 0. The third kappa shape index (κ3) is 2.55. The van der Waals surface area contributed by atoms with E-state index in [-0.39, 0.29) is 0 Å². The molecule has 0 aliphatic carbocycles. The number of rotatable bonds is 2. The Balaban J connectivity index is 2.21. The van der Waals surface area contributed by atoms with Gasteiger partial charge in [0.15, 0.2) is 0 Å². The van der Waals surface area contributed by atoms with Crippen LogP contribution in [0.5, 0.6) is 0 Å². The van der Waals surface area contributed by atoms with Crippen LogP contribution in [0.4, 0.5) is 0 Å². The summed E-state index contributed by atoms with van der Waals surface area (Å²) in [5.41, 5.74) is 2.35. The Labute approximate surface area is 94.5 Å². The average Bonchev–Trinajstić information content (AvgIpc) is 2.38. The zero-order valence-electron chi connectivity index (χ0n) is 8.67. The summed E-state index contributed by atoms with van der Waals surface area (Å²) >= 11 is 0. The molecule has 0 saturated heterocycles.